The van der Waals surface area contributed by atoms with Gasteiger partial charge in [0.25, 0.3) is 0 Å². The smallest absolute Gasteiger partial charge is 0.228 e. The first kappa shape index (κ1) is 16.8. The molecule has 0 atom stereocenters. The Morgan fingerprint density at radius 1 is 1.18 bits per heavy atom. The molecule has 4 nitrogen and oxygen atoms in total. The van der Waals surface area contributed by atoms with Crippen LogP contribution in [0.25, 0.3) is 5.65 Å². The summed E-state index contributed by atoms with van der Waals surface area (Å²) in [6, 6.07) is 3.66. The zero-order valence-electron chi connectivity index (χ0n) is 13.7. The number of pyridine rings is 1. The summed E-state index contributed by atoms with van der Waals surface area (Å²) in [5.41, 5.74) is 1.59. The third kappa shape index (κ3) is 4.47. The SMILES string of the molecule is CC(C)CN(CC(C)C)C(=O)Cc1cn2cc(Cl)ccc2n1. The number of carbonyl (C=O) groups is 1. The normalized spacial score (nSPS) is 11.6. The maximum Gasteiger partial charge on any atom is 0.228 e. The molecule has 0 saturated carbocycles. The van der Waals surface area contributed by atoms with Crippen LogP contribution in [0.3, 0.4) is 0 Å². The summed E-state index contributed by atoms with van der Waals surface area (Å²) in [4.78, 5) is 19.0. The molecule has 2 aromatic heterocycles. The number of hydrogen-bond acceptors (Lipinski definition) is 2. The van der Waals surface area contributed by atoms with Gasteiger partial charge in [-0.1, -0.05) is 39.3 Å². The number of aromatic nitrogens is 2. The number of hydrogen-bond donors (Lipinski definition) is 0. The van der Waals surface area contributed by atoms with Gasteiger partial charge in [-0.25, -0.2) is 4.98 Å². The van der Waals surface area contributed by atoms with E-state index in [9.17, 15) is 4.79 Å². The Balaban J connectivity index is 2.12. The van der Waals surface area contributed by atoms with E-state index in [1.54, 1.807) is 12.3 Å². The molecule has 22 heavy (non-hydrogen) atoms. The number of halogens is 1. The quantitative estimate of drug-likeness (QED) is 0.814. The molecule has 0 bridgehead atoms. The van der Waals surface area contributed by atoms with Crippen LogP contribution in [0.15, 0.2) is 24.5 Å². The zero-order valence-corrected chi connectivity index (χ0v) is 14.5. The Morgan fingerprint density at radius 2 is 1.82 bits per heavy atom. The lowest BCUT2D eigenvalue weighted by Gasteiger charge is -2.26. The maximum absolute atomic E-state index is 12.6. The van der Waals surface area contributed by atoms with Gasteiger partial charge in [-0.3, -0.25) is 4.79 Å². The van der Waals surface area contributed by atoms with Gasteiger partial charge in [-0.2, -0.15) is 0 Å². The fourth-order valence-corrected chi connectivity index (χ4v) is 2.70. The molecule has 0 fully saturated rings. The first-order valence-corrected chi connectivity index (χ1v) is 8.14. The lowest BCUT2D eigenvalue weighted by molar-refractivity contribution is -0.131. The first-order chi connectivity index (χ1) is 10.3. The lowest BCUT2D eigenvalue weighted by atomic mass is 10.1. The van der Waals surface area contributed by atoms with E-state index in [2.05, 4.69) is 32.7 Å². The van der Waals surface area contributed by atoms with Crippen LogP contribution < -0.4 is 0 Å². The van der Waals surface area contributed by atoms with Crippen molar-refractivity contribution in [3.63, 3.8) is 0 Å². The second kappa shape index (κ2) is 7.14. The lowest BCUT2D eigenvalue weighted by Crippen LogP contribution is -2.38. The molecule has 0 aliphatic heterocycles. The summed E-state index contributed by atoms with van der Waals surface area (Å²) < 4.78 is 1.86. The summed E-state index contributed by atoms with van der Waals surface area (Å²) in [6.45, 7) is 10.1. The highest BCUT2D eigenvalue weighted by Gasteiger charge is 2.18. The predicted octanol–water partition coefficient (Wildman–Crippen LogP) is 3.67. The number of imidazole rings is 1. The molecule has 0 unspecified atom stereocenters. The molecule has 0 spiro atoms. The first-order valence-electron chi connectivity index (χ1n) is 7.76. The standard InChI is InChI=1S/C17H24ClN3O/c1-12(2)8-21(9-13(3)4)17(22)7-15-11-20-10-14(18)5-6-16(20)19-15/h5-6,10-13H,7-9H2,1-4H3. The van der Waals surface area contributed by atoms with E-state index >= 15 is 0 Å². The molecule has 0 radical (unpaired) electrons. The largest absolute Gasteiger partial charge is 0.342 e. The van der Waals surface area contributed by atoms with Crippen LogP contribution in [0.2, 0.25) is 5.02 Å². The maximum atomic E-state index is 12.6. The highest BCUT2D eigenvalue weighted by Crippen LogP contribution is 2.13. The molecular formula is C17H24ClN3O. The van der Waals surface area contributed by atoms with Crippen LogP contribution in [0, 0.1) is 11.8 Å². The second-order valence-electron chi connectivity index (χ2n) is 6.61. The van der Waals surface area contributed by atoms with Crippen molar-refractivity contribution in [1.82, 2.24) is 14.3 Å². The highest BCUT2D eigenvalue weighted by molar-refractivity contribution is 6.30. The third-order valence-corrected chi connectivity index (χ3v) is 3.54. The van der Waals surface area contributed by atoms with E-state index < -0.39 is 0 Å². The average molecular weight is 322 g/mol. The van der Waals surface area contributed by atoms with Crippen molar-refractivity contribution in [1.29, 1.82) is 0 Å². The van der Waals surface area contributed by atoms with Crippen molar-refractivity contribution in [3.8, 4) is 0 Å². The molecule has 2 heterocycles. The highest BCUT2D eigenvalue weighted by atomic mass is 35.5. The fourth-order valence-electron chi connectivity index (χ4n) is 2.53. The molecule has 1 amide bonds. The molecule has 0 aliphatic carbocycles. The molecule has 2 aromatic rings. The Hall–Kier alpha value is -1.55. The molecule has 2 rings (SSSR count). The van der Waals surface area contributed by atoms with Crippen molar-refractivity contribution < 1.29 is 4.79 Å². The van der Waals surface area contributed by atoms with E-state index in [1.165, 1.54) is 0 Å². The van der Waals surface area contributed by atoms with Crippen molar-refractivity contribution in [2.75, 3.05) is 13.1 Å². The minimum atomic E-state index is 0.136. The summed E-state index contributed by atoms with van der Waals surface area (Å²) in [5.74, 6) is 1.06. The van der Waals surface area contributed by atoms with Gasteiger partial charge >= 0.3 is 0 Å². The molecule has 0 aromatic carbocycles. The second-order valence-corrected chi connectivity index (χ2v) is 7.04. The van der Waals surface area contributed by atoms with E-state index in [0.29, 0.717) is 23.3 Å². The average Bonchev–Trinajstić information content (AvgIpc) is 2.78. The van der Waals surface area contributed by atoms with Crippen LogP contribution >= 0.6 is 11.6 Å². The third-order valence-electron chi connectivity index (χ3n) is 3.32. The Kier molecular flexibility index (Phi) is 5.46. The number of fused-ring (bicyclic) bond motifs is 1. The Bertz CT molecular complexity index is 638. The molecular weight excluding hydrogens is 298 g/mol. The number of carbonyl (C=O) groups excluding carboxylic acids is 1. The van der Waals surface area contributed by atoms with Gasteiger partial charge in [0.05, 0.1) is 17.1 Å². The Morgan fingerprint density at radius 3 is 2.41 bits per heavy atom. The van der Waals surface area contributed by atoms with Crippen molar-refractivity contribution >= 4 is 23.2 Å². The summed E-state index contributed by atoms with van der Waals surface area (Å²) in [7, 11) is 0. The van der Waals surface area contributed by atoms with Crippen molar-refractivity contribution in [2.24, 2.45) is 11.8 Å². The fraction of sp³-hybridized carbons (Fsp3) is 0.529. The van der Waals surface area contributed by atoms with Gasteiger partial charge in [-0.15, -0.1) is 0 Å². The van der Waals surface area contributed by atoms with Crippen LogP contribution in [-0.4, -0.2) is 33.3 Å². The van der Waals surface area contributed by atoms with Crippen molar-refractivity contribution in [3.05, 3.63) is 35.2 Å². The number of amides is 1. The van der Waals surface area contributed by atoms with E-state index in [-0.39, 0.29) is 5.91 Å². The van der Waals surface area contributed by atoms with Crippen molar-refractivity contribution in [2.45, 2.75) is 34.1 Å². The zero-order chi connectivity index (χ0) is 16.3. The molecule has 0 saturated heterocycles. The van der Waals surface area contributed by atoms with E-state index in [0.717, 1.165) is 24.4 Å². The predicted molar refractivity (Wildman–Crippen MR) is 90.2 cm³/mol. The Labute approximate surface area is 137 Å². The van der Waals surface area contributed by atoms with Crippen LogP contribution in [0.1, 0.15) is 33.4 Å². The minimum absolute atomic E-state index is 0.136. The molecule has 120 valence electrons. The van der Waals surface area contributed by atoms with Gasteiger partial charge in [0.2, 0.25) is 5.91 Å². The van der Waals surface area contributed by atoms with Gasteiger partial charge < -0.3 is 9.30 Å². The van der Waals surface area contributed by atoms with Gasteiger partial charge in [-0.05, 0) is 24.0 Å². The van der Waals surface area contributed by atoms with Crippen LogP contribution in [0.4, 0.5) is 0 Å². The molecule has 5 heteroatoms. The topological polar surface area (TPSA) is 37.6 Å². The van der Waals surface area contributed by atoms with Crippen LogP contribution in [0.5, 0.6) is 0 Å². The monoisotopic (exact) mass is 321 g/mol. The van der Waals surface area contributed by atoms with Gasteiger partial charge in [0, 0.05) is 25.5 Å². The number of rotatable bonds is 6. The van der Waals surface area contributed by atoms with E-state index in [1.807, 2.05) is 21.6 Å². The number of nitrogens with zero attached hydrogens (tertiary/aromatic N) is 3. The van der Waals surface area contributed by atoms with Crippen LogP contribution in [-0.2, 0) is 11.2 Å². The molecule has 0 N–H and O–H groups in total. The summed E-state index contributed by atoms with van der Waals surface area (Å²) in [5, 5.41) is 0.656. The van der Waals surface area contributed by atoms with Gasteiger partial charge in [0.1, 0.15) is 5.65 Å². The summed E-state index contributed by atoms with van der Waals surface area (Å²) in [6.07, 6.45) is 4.01. The minimum Gasteiger partial charge on any atom is -0.342 e. The van der Waals surface area contributed by atoms with E-state index in [4.69, 9.17) is 11.6 Å². The van der Waals surface area contributed by atoms with Gasteiger partial charge in [0.15, 0.2) is 0 Å². The molecule has 0 aliphatic rings. The summed E-state index contributed by atoms with van der Waals surface area (Å²) >= 11 is 5.97.